The molecule has 1 amide bonds. The minimum absolute atomic E-state index is 0.0106. The monoisotopic (exact) mass is 297 g/mol. The first-order valence-corrected chi connectivity index (χ1v) is 8.28. The van der Waals surface area contributed by atoms with Crippen molar-refractivity contribution in [3.05, 3.63) is 0 Å². The van der Waals surface area contributed by atoms with Gasteiger partial charge in [-0.25, -0.2) is 0 Å². The van der Waals surface area contributed by atoms with Crippen LogP contribution in [0.5, 0.6) is 0 Å². The molecule has 2 N–H and O–H groups in total. The summed E-state index contributed by atoms with van der Waals surface area (Å²) >= 11 is 0. The molecular formula is C15H27N3O3. The quantitative estimate of drug-likeness (QED) is 0.748. The number of rotatable bonds is 4. The molecule has 0 aliphatic carbocycles. The van der Waals surface area contributed by atoms with E-state index in [9.17, 15) is 4.79 Å². The number of hydrogen-bond donors (Lipinski definition) is 2. The Morgan fingerprint density at radius 1 is 1.24 bits per heavy atom. The van der Waals surface area contributed by atoms with Crippen LogP contribution in [0.4, 0.5) is 0 Å². The summed E-state index contributed by atoms with van der Waals surface area (Å²) in [6.45, 7) is 5.65. The lowest BCUT2D eigenvalue weighted by Crippen LogP contribution is -2.52. The summed E-state index contributed by atoms with van der Waals surface area (Å²) in [5.74, 6) is 0.167. The van der Waals surface area contributed by atoms with Crippen molar-refractivity contribution < 1.29 is 14.3 Å². The van der Waals surface area contributed by atoms with Crippen LogP contribution in [-0.2, 0) is 14.3 Å². The van der Waals surface area contributed by atoms with E-state index in [2.05, 4.69) is 15.5 Å². The second-order valence-corrected chi connectivity index (χ2v) is 6.19. The first kappa shape index (κ1) is 15.2. The summed E-state index contributed by atoms with van der Waals surface area (Å²) in [6.07, 6.45) is 4.44. The average Bonchev–Trinajstić information content (AvgIpc) is 3.04. The Bertz CT molecular complexity index is 341. The minimum atomic E-state index is 0.0106. The Labute approximate surface area is 126 Å². The Hall–Kier alpha value is -0.690. The topological polar surface area (TPSA) is 62.8 Å². The minimum Gasteiger partial charge on any atom is -0.376 e. The molecule has 0 aromatic rings. The van der Waals surface area contributed by atoms with Gasteiger partial charge in [0.25, 0.3) is 0 Å². The number of likely N-dealkylation sites (tertiary alicyclic amines) is 1. The van der Waals surface area contributed by atoms with Crippen molar-refractivity contribution in [2.75, 3.05) is 46.0 Å². The lowest BCUT2D eigenvalue weighted by Gasteiger charge is -2.35. The van der Waals surface area contributed by atoms with Crippen molar-refractivity contribution in [1.29, 1.82) is 0 Å². The fourth-order valence-corrected chi connectivity index (χ4v) is 3.63. The molecule has 3 aliphatic heterocycles. The number of carbonyl (C=O) groups is 1. The molecule has 2 unspecified atom stereocenters. The van der Waals surface area contributed by atoms with E-state index in [1.807, 2.05) is 0 Å². The second-order valence-electron chi connectivity index (χ2n) is 6.19. The molecule has 0 saturated carbocycles. The molecule has 0 aromatic heterocycles. The highest BCUT2D eigenvalue weighted by Crippen LogP contribution is 2.24. The van der Waals surface area contributed by atoms with Crippen LogP contribution in [0.1, 0.15) is 25.7 Å². The van der Waals surface area contributed by atoms with Crippen molar-refractivity contribution >= 4 is 5.91 Å². The van der Waals surface area contributed by atoms with Gasteiger partial charge in [0.2, 0.25) is 5.91 Å². The van der Waals surface area contributed by atoms with Crippen LogP contribution in [0.25, 0.3) is 0 Å². The molecule has 21 heavy (non-hydrogen) atoms. The predicted octanol–water partition coefficient (Wildman–Crippen LogP) is -0.266. The van der Waals surface area contributed by atoms with Gasteiger partial charge in [-0.1, -0.05) is 0 Å². The SMILES string of the molecule is O=C(NCC1COCCO1)C1CCCN1C1CCNCC1. The Kier molecular flexibility index (Phi) is 5.46. The van der Waals surface area contributed by atoms with E-state index in [0.717, 1.165) is 45.3 Å². The van der Waals surface area contributed by atoms with Gasteiger partial charge in [-0.05, 0) is 45.3 Å². The van der Waals surface area contributed by atoms with Gasteiger partial charge in [-0.3, -0.25) is 9.69 Å². The smallest absolute Gasteiger partial charge is 0.237 e. The number of nitrogens with zero attached hydrogens (tertiary/aromatic N) is 1. The maximum atomic E-state index is 12.5. The van der Waals surface area contributed by atoms with Gasteiger partial charge < -0.3 is 20.1 Å². The maximum absolute atomic E-state index is 12.5. The molecule has 0 spiro atoms. The third kappa shape index (κ3) is 3.94. The van der Waals surface area contributed by atoms with E-state index in [0.29, 0.717) is 32.4 Å². The summed E-state index contributed by atoms with van der Waals surface area (Å²) in [6, 6.07) is 0.622. The molecule has 0 aromatic carbocycles. The zero-order valence-electron chi connectivity index (χ0n) is 12.7. The normalized spacial score (nSPS) is 32.2. The van der Waals surface area contributed by atoms with Gasteiger partial charge in [0.05, 0.1) is 32.0 Å². The van der Waals surface area contributed by atoms with Crippen LogP contribution in [0.3, 0.4) is 0 Å². The standard InChI is InChI=1S/C15H27N3O3/c19-15(17-10-13-11-20-8-9-21-13)14-2-1-7-18(14)12-3-5-16-6-4-12/h12-14,16H,1-11H2,(H,17,19). The lowest BCUT2D eigenvalue weighted by molar-refractivity contribution is -0.129. The van der Waals surface area contributed by atoms with Crippen LogP contribution in [0.15, 0.2) is 0 Å². The number of hydrogen-bond acceptors (Lipinski definition) is 5. The highest BCUT2D eigenvalue weighted by molar-refractivity contribution is 5.82. The van der Waals surface area contributed by atoms with Gasteiger partial charge in [-0.15, -0.1) is 0 Å². The van der Waals surface area contributed by atoms with Crippen molar-refractivity contribution in [3.8, 4) is 0 Å². The third-order valence-corrected chi connectivity index (χ3v) is 4.76. The fourth-order valence-electron chi connectivity index (χ4n) is 3.63. The average molecular weight is 297 g/mol. The molecule has 3 heterocycles. The Balaban J connectivity index is 1.48. The molecule has 3 aliphatic rings. The van der Waals surface area contributed by atoms with Crippen molar-refractivity contribution in [2.45, 2.75) is 43.9 Å². The molecule has 2 atom stereocenters. The molecule has 120 valence electrons. The van der Waals surface area contributed by atoms with Crippen molar-refractivity contribution in [2.24, 2.45) is 0 Å². The van der Waals surface area contributed by atoms with E-state index < -0.39 is 0 Å². The van der Waals surface area contributed by atoms with Crippen molar-refractivity contribution in [1.82, 2.24) is 15.5 Å². The number of nitrogens with one attached hydrogen (secondary N) is 2. The van der Waals surface area contributed by atoms with Crippen LogP contribution >= 0.6 is 0 Å². The van der Waals surface area contributed by atoms with Crippen LogP contribution in [0.2, 0.25) is 0 Å². The van der Waals surface area contributed by atoms with Crippen molar-refractivity contribution in [3.63, 3.8) is 0 Å². The van der Waals surface area contributed by atoms with Gasteiger partial charge in [0, 0.05) is 12.6 Å². The molecule has 3 fully saturated rings. The highest BCUT2D eigenvalue weighted by Gasteiger charge is 2.35. The summed E-state index contributed by atoms with van der Waals surface area (Å²) < 4.78 is 10.9. The van der Waals surface area contributed by atoms with E-state index >= 15 is 0 Å². The fraction of sp³-hybridized carbons (Fsp3) is 0.933. The first-order chi connectivity index (χ1) is 10.3. The van der Waals surface area contributed by atoms with Crippen LogP contribution < -0.4 is 10.6 Å². The zero-order chi connectivity index (χ0) is 14.5. The number of piperidine rings is 1. The van der Waals surface area contributed by atoms with Crippen LogP contribution in [-0.4, -0.2) is 75.0 Å². The number of ether oxygens (including phenoxy) is 2. The molecular weight excluding hydrogens is 270 g/mol. The summed E-state index contributed by atoms with van der Waals surface area (Å²) in [4.78, 5) is 14.9. The second kappa shape index (κ2) is 7.54. The highest BCUT2D eigenvalue weighted by atomic mass is 16.6. The molecule has 0 radical (unpaired) electrons. The molecule has 3 rings (SSSR count). The summed E-state index contributed by atoms with van der Waals surface area (Å²) in [5.41, 5.74) is 0. The largest absolute Gasteiger partial charge is 0.376 e. The Morgan fingerprint density at radius 2 is 2.10 bits per heavy atom. The first-order valence-electron chi connectivity index (χ1n) is 8.28. The molecule has 6 heteroatoms. The van der Waals surface area contributed by atoms with Crippen LogP contribution in [0, 0.1) is 0 Å². The summed E-state index contributed by atoms with van der Waals surface area (Å²) in [7, 11) is 0. The number of carbonyl (C=O) groups excluding carboxylic acids is 1. The van der Waals surface area contributed by atoms with E-state index in [-0.39, 0.29) is 18.1 Å². The lowest BCUT2D eigenvalue weighted by atomic mass is 10.0. The number of amides is 1. The van der Waals surface area contributed by atoms with Gasteiger partial charge in [0.1, 0.15) is 0 Å². The Morgan fingerprint density at radius 3 is 2.86 bits per heavy atom. The van der Waals surface area contributed by atoms with E-state index in [4.69, 9.17) is 9.47 Å². The van der Waals surface area contributed by atoms with Gasteiger partial charge >= 0.3 is 0 Å². The van der Waals surface area contributed by atoms with Gasteiger partial charge in [-0.2, -0.15) is 0 Å². The predicted molar refractivity (Wildman–Crippen MR) is 79.2 cm³/mol. The molecule has 6 nitrogen and oxygen atoms in total. The zero-order valence-corrected chi connectivity index (χ0v) is 12.7. The van der Waals surface area contributed by atoms with Gasteiger partial charge in [0.15, 0.2) is 0 Å². The molecule has 0 bridgehead atoms. The molecule has 3 saturated heterocycles. The third-order valence-electron chi connectivity index (χ3n) is 4.76. The van der Waals surface area contributed by atoms with E-state index in [1.165, 1.54) is 0 Å². The maximum Gasteiger partial charge on any atom is 0.237 e. The van der Waals surface area contributed by atoms with E-state index in [1.54, 1.807) is 0 Å². The summed E-state index contributed by atoms with van der Waals surface area (Å²) in [5, 5.41) is 6.45.